The first-order chi connectivity index (χ1) is 9.88. The van der Waals surface area contributed by atoms with Crippen LogP contribution in [0.1, 0.15) is 31.4 Å². The third kappa shape index (κ3) is 5.98. The summed E-state index contributed by atoms with van der Waals surface area (Å²) in [5.74, 6) is -0.181. The van der Waals surface area contributed by atoms with E-state index in [1.807, 2.05) is 6.92 Å². The van der Waals surface area contributed by atoms with Crippen LogP contribution in [0, 0.1) is 0 Å². The van der Waals surface area contributed by atoms with E-state index in [0.717, 1.165) is 19.0 Å². The summed E-state index contributed by atoms with van der Waals surface area (Å²) in [6.45, 7) is 4.87. The molecule has 0 aliphatic rings. The molecular weight excluding hydrogens is 303 g/mol. The maximum atomic E-state index is 13.1. The molecule has 0 heterocycles. The summed E-state index contributed by atoms with van der Waals surface area (Å²) in [5.41, 5.74) is 1.75. The van der Waals surface area contributed by atoms with Crippen molar-refractivity contribution in [3.05, 3.63) is 40.4 Å². The lowest BCUT2D eigenvalue weighted by molar-refractivity contribution is -0.138. The number of rotatable bonds is 7. The Balaban J connectivity index is 2.92. The minimum atomic E-state index is -4.45. The van der Waals surface area contributed by atoms with Crippen LogP contribution < -0.4 is 10.1 Å². The van der Waals surface area contributed by atoms with Crippen molar-refractivity contribution < 1.29 is 17.9 Å². The minimum Gasteiger partial charge on any atom is -0.489 e. The molecule has 1 rings (SSSR count). The molecule has 0 unspecified atom stereocenters. The van der Waals surface area contributed by atoms with Gasteiger partial charge >= 0.3 is 6.18 Å². The number of hydrogen-bond donors (Lipinski definition) is 1. The topological polar surface area (TPSA) is 21.3 Å². The van der Waals surface area contributed by atoms with Crippen molar-refractivity contribution in [3.63, 3.8) is 0 Å². The Hall–Kier alpha value is -1.20. The Morgan fingerprint density at radius 2 is 2.10 bits per heavy atom. The lowest BCUT2D eigenvalue weighted by atomic mass is 10.1. The normalized spacial score (nSPS) is 12.6. The van der Waals surface area contributed by atoms with Crippen LogP contribution in [0.4, 0.5) is 13.2 Å². The summed E-state index contributed by atoms with van der Waals surface area (Å²) in [4.78, 5) is 0. The number of hydrogen-bond acceptors (Lipinski definition) is 2. The average Bonchev–Trinajstić information content (AvgIpc) is 2.44. The zero-order valence-corrected chi connectivity index (χ0v) is 12.8. The van der Waals surface area contributed by atoms with Crippen molar-refractivity contribution in [2.24, 2.45) is 0 Å². The molecule has 0 spiro atoms. The van der Waals surface area contributed by atoms with E-state index in [2.05, 4.69) is 5.32 Å². The van der Waals surface area contributed by atoms with Gasteiger partial charge < -0.3 is 10.1 Å². The standard InChI is InChI=1S/C15H19ClF3NO/c1-3-6-20-9-12-4-5-14(21-10-11(2)8-16)13(7-12)15(17,18)19/h4-5,7-8,20H,3,6,9-10H2,1-2H3/b11-8+. The fourth-order valence-corrected chi connectivity index (χ4v) is 1.73. The maximum Gasteiger partial charge on any atom is 0.419 e. The van der Waals surface area contributed by atoms with Gasteiger partial charge in [-0.05, 0) is 43.2 Å². The highest BCUT2D eigenvalue weighted by Crippen LogP contribution is 2.37. The lowest BCUT2D eigenvalue weighted by Gasteiger charge is -2.15. The first-order valence-electron chi connectivity index (χ1n) is 6.68. The van der Waals surface area contributed by atoms with Crippen molar-refractivity contribution in [3.8, 4) is 5.75 Å². The van der Waals surface area contributed by atoms with E-state index in [1.54, 1.807) is 13.0 Å². The highest BCUT2D eigenvalue weighted by molar-refractivity contribution is 6.25. The second-order valence-electron chi connectivity index (χ2n) is 4.75. The molecule has 0 saturated heterocycles. The summed E-state index contributed by atoms with van der Waals surface area (Å²) >= 11 is 5.47. The fraction of sp³-hybridized carbons (Fsp3) is 0.467. The van der Waals surface area contributed by atoms with Gasteiger partial charge in [-0.25, -0.2) is 0 Å². The molecule has 1 N–H and O–H groups in total. The molecule has 2 nitrogen and oxygen atoms in total. The first kappa shape index (κ1) is 17.9. The van der Waals surface area contributed by atoms with Crippen molar-refractivity contribution in [1.29, 1.82) is 0 Å². The molecule has 0 aliphatic carbocycles. The Morgan fingerprint density at radius 3 is 2.67 bits per heavy atom. The highest BCUT2D eigenvalue weighted by atomic mass is 35.5. The molecule has 0 aliphatic heterocycles. The second kappa shape index (κ2) is 8.29. The molecule has 1 aromatic rings. The van der Waals surface area contributed by atoms with Crippen molar-refractivity contribution >= 4 is 11.6 Å². The molecule has 21 heavy (non-hydrogen) atoms. The van der Waals surface area contributed by atoms with Crippen LogP contribution in [0.25, 0.3) is 0 Å². The summed E-state index contributed by atoms with van der Waals surface area (Å²) in [7, 11) is 0. The molecule has 0 amide bonds. The van der Waals surface area contributed by atoms with E-state index in [0.29, 0.717) is 17.7 Å². The van der Waals surface area contributed by atoms with Gasteiger partial charge in [0.05, 0.1) is 5.56 Å². The summed E-state index contributed by atoms with van der Waals surface area (Å²) in [6, 6.07) is 4.11. The van der Waals surface area contributed by atoms with Crippen LogP contribution >= 0.6 is 11.6 Å². The van der Waals surface area contributed by atoms with Gasteiger partial charge in [0, 0.05) is 12.1 Å². The maximum absolute atomic E-state index is 13.1. The van der Waals surface area contributed by atoms with E-state index in [4.69, 9.17) is 16.3 Å². The molecule has 0 atom stereocenters. The fourth-order valence-electron chi connectivity index (χ4n) is 1.67. The van der Waals surface area contributed by atoms with Crippen LogP contribution in [0.3, 0.4) is 0 Å². The average molecular weight is 322 g/mol. The van der Waals surface area contributed by atoms with Crippen LogP contribution in [-0.4, -0.2) is 13.2 Å². The number of ether oxygens (including phenoxy) is 1. The summed E-state index contributed by atoms with van der Waals surface area (Å²) < 4.78 is 44.4. The highest BCUT2D eigenvalue weighted by Gasteiger charge is 2.34. The van der Waals surface area contributed by atoms with Gasteiger partial charge in [-0.3, -0.25) is 0 Å². The van der Waals surface area contributed by atoms with Gasteiger partial charge in [0.15, 0.2) is 0 Å². The van der Waals surface area contributed by atoms with Gasteiger partial charge in [-0.2, -0.15) is 13.2 Å². The van der Waals surface area contributed by atoms with Crippen molar-refractivity contribution in [2.75, 3.05) is 13.2 Å². The van der Waals surface area contributed by atoms with Crippen LogP contribution in [0.15, 0.2) is 29.3 Å². The summed E-state index contributed by atoms with van der Waals surface area (Å²) in [6.07, 6.45) is -3.52. The Kier molecular flexibility index (Phi) is 7.05. The first-order valence-corrected chi connectivity index (χ1v) is 7.11. The van der Waals surface area contributed by atoms with Gasteiger partial charge in [0.25, 0.3) is 0 Å². The quantitative estimate of drug-likeness (QED) is 0.733. The van der Waals surface area contributed by atoms with Crippen LogP contribution in [0.5, 0.6) is 5.75 Å². The molecule has 0 saturated carbocycles. The van der Waals surface area contributed by atoms with Gasteiger partial charge in [-0.1, -0.05) is 24.6 Å². The number of halogens is 4. The zero-order valence-electron chi connectivity index (χ0n) is 12.1. The SMILES string of the molecule is CCCNCc1ccc(OC/C(C)=C/Cl)c(C(F)(F)F)c1. The molecule has 0 radical (unpaired) electrons. The van der Waals surface area contributed by atoms with Crippen molar-refractivity contribution in [2.45, 2.75) is 33.0 Å². The second-order valence-corrected chi connectivity index (χ2v) is 4.97. The van der Waals surface area contributed by atoms with Gasteiger partial charge in [0.2, 0.25) is 0 Å². The Labute approximate surface area is 127 Å². The monoisotopic (exact) mass is 321 g/mol. The minimum absolute atomic E-state index is 0.0278. The van der Waals surface area contributed by atoms with E-state index in [9.17, 15) is 13.2 Å². The molecule has 0 bridgehead atoms. The lowest BCUT2D eigenvalue weighted by Crippen LogP contribution is -2.15. The third-order valence-electron chi connectivity index (χ3n) is 2.75. The summed E-state index contributed by atoms with van der Waals surface area (Å²) in [5, 5.41) is 3.07. The molecule has 6 heteroatoms. The van der Waals surface area contributed by atoms with E-state index >= 15 is 0 Å². The Bertz CT molecular complexity index is 486. The van der Waals surface area contributed by atoms with E-state index in [-0.39, 0.29) is 12.4 Å². The number of nitrogens with one attached hydrogen (secondary N) is 1. The molecule has 118 valence electrons. The van der Waals surface area contributed by atoms with E-state index < -0.39 is 11.7 Å². The number of benzene rings is 1. The molecule has 0 aromatic heterocycles. The predicted octanol–water partition coefficient (Wildman–Crippen LogP) is 4.73. The van der Waals surface area contributed by atoms with Crippen LogP contribution in [-0.2, 0) is 12.7 Å². The molecular formula is C15H19ClF3NO. The van der Waals surface area contributed by atoms with Gasteiger partial charge in [0.1, 0.15) is 12.4 Å². The molecule has 0 fully saturated rings. The smallest absolute Gasteiger partial charge is 0.419 e. The molecule has 1 aromatic carbocycles. The third-order valence-corrected chi connectivity index (χ3v) is 3.12. The van der Waals surface area contributed by atoms with Gasteiger partial charge in [-0.15, -0.1) is 0 Å². The Morgan fingerprint density at radius 1 is 1.38 bits per heavy atom. The largest absolute Gasteiger partial charge is 0.489 e. The number of alkyl halides is 3. The predicted molar refractivity (Wildman–Crippen MR) is 78.5 cm³/mol. The zero-order chi connectivity index (χ0) is 15.9. The van der Waals surface area contributed by atoms with Crippen LogP contribution in [0.2, 0.25) is 0 Å². The van der Waals surface area contributed by atoms with Crippen molar-refractivity contribution in [1.82, 2.24) is 5.32 Å². The van der Waals surface area contributed by atoms with E-state index in [1.165, 1.54) is 11.6 Å².